The van der Waals surface area contributed by atoms with Gasteiger partial charge in [-0.3, -0.25) is 4.90 Å². The van der Waals surface area contributed by atoms with Crippen LogP contribution in [0.3, 0.4) is 0 Å². The molecule has 1 spiro atoms. The van der Waals surface area contributed by atoms with Gasteiger partial charge in [-0.15, -0.1) is 0 Å². The molecule has 3 nitrogen and oxygen atoms in total. The zero-order chi connectivity index (χ0) is 11.1. The second kappa shape index (κ2) is 3.97. The van der Waals surface area contributed by atoms with Crippen LogP contribution in [0.15, 0.2) is 0 Å². The highest BCUT2D eigenvalue weighted by atomic mass is 16.5. The van der Waals surface area contributed by atoms with Crippen LogP contribution in [-0.4, -0.2) is 50.8 Å². The SMILES string of the molecule is CC1(CN2CCOCC3(CC3)C2)CCNC1. The number of rotatable bonds is 2. The lowest BCUT2D eigenvalue weighted by Crippen LogP contribution is -2.40. The van der Waals surface area contributed by atoms with E-state index in [1.165, 1.54) is 45.4 Å². The predicted molar refractivity (Wildman–Crippen MR) is 64.5 cm³/mol. The van der Waals surface area contributed by atoms with Gasteiger partial charge < -0.3 is 10.1 Å². The summed E-state index contributed by atoms with van der Waals surface area (Å²) in [5.41, 5.74) is 1.05. The number of hydrogen-bond donors (Lipinski definition) is 1. The first-order valence-electron chi connectivity index (χ1n) is 6.71. The first-order valence-corrected chi connectivity index (χ1v) is 6.71. The van der Waals surface area contributed by atoms with E-state index >= 15 is 0 Å². The first-order chi connectivity index (χ1) is 7.70. The van der Waals surface area contributed by atoms with Crippen LogP contribution >= 0.6 is 0 Å². The van der Waals surface area contributed by atoms with Crippen LogP contribution in [0.25, 0.3) is 0 Å². The molecule has 3 heteroatoms. The molecule has 3 fully saturated rings. The molecule has 0 amide bonds. The fourth-order valence-electron chi connectivity index (χ4n) is 3.24. The second-order valence-electron chi connectivity index (χ2n) is 6.50. The van der Waals surface area contributed by atoms with Gasteiger partial charge in [0.1, 0.15) is 0 Å². The molecule has 1 unspecified atom stereocenters. The van der Waals surface area contributed by atoms with Gasteiger partial charge in [0, 0.05) is 31.6 Å². The van der Waals surface area contributed by atoms with Crippen LogP contribution in [-0.2, 0) is 4.74 Å². The smallest absolute Gasteiger partial charge is 0.0593 e. The molecule has 1 atom stereocenters. The molecule has 1 aliphatic carbocycles. The lowest BCUT2D eigenvalue weighted by atomic mass is 9.89. The minimum absolute atomic E-state index is 0.500. The Morgan fingerprint density at radius 1 is 1.31 bits per heavy atom. The van der Waals surface area contributed by atoms with E-state index in [0.717, 1.165) is 19.8 Å². The molecule has 0 bridgehead atoms. The van der Waals surface area contributed by atoms with Gasteiger partial charge in [0.25, 0.3) is 0 Å². The van der Waals surface area contributed by atoms with Crippen molar-refractivity contribution in [3.8, 4) is 0 Å². The topological polar surface area (TPSA) is 24.5 Å². The highest BCUT2D eigenvalue weighted by Crippen LogP contribution is 2.47. The van der Waals surface area contributed by atoms with Crippen LogP contribution in [0.1, 0.15) is 26.2 Å². The summed E-state index contributed by atoms with van der Waals surface area (Å²) in [5, 5.41) is 3.50. The summed E-state index contributed by atoms with van der Waals surface area (Å²) in [6, 6.07) is 0. The Labute approximate surface area is 98.5 Å². The Balaban J connectivity index is 1.60. The molecular weight excluding hydrogens is 200 g/mol. The summed E-state index contributed by atoms with van der Waals surface area (Å²) in [4.78, 5) is 2.66. The molecule has 0 aromatic carbocycles. The third-order valence-electron chi connectivity index (χ3n) is 4.54. The molecule has 2 heterocycles. The summed E-state index contributed by atoms with van der Waals surface area (Å²) >= 11 is 0. The molecule has 1 N–H and O–H groups in total. The molecule has 2 saturated heterocycles. The van der Waals surface area contributed by atoms with Gasteiger partial charge in [-0.25, -0.2) is 0 Å². The number of ether oxygens (including phenoxy) is 1. The molecule has 16 heavy (non-hydrogen) atoms. The minimum atomic E-state index is 0.500. The number of nitrogens with zero attached hydrogens (tertiary/aromatic N) is 1. The van der Waals surface area contributed by atoms with Crippen molar-refractivity contribution in [3.05, 3.63) is 0 Å². The largest absolute Gasteiger partial charge is 0.379 e. The lowest BCUT2D eigenvalue weighted by Gasteiger charge is -2.32. The Kier molecular flexibility index (Phi) is 2.73. The molecule has 3 aliphatic rings. The average molecular weight is 224 g/mol. The van der Waals surface area contributed by atoms with E-state index in [0.29, 0.717) is 10.8 Å². The monoisotopic (exact) mass is 224 g/mol. The minimum Gasteiger partial charge on any atom is -0.379 e. The van der Waals surface area contributed by atoms with Crippen molar-refractivity contribution in [3.63, 3.8) is 0 Å². The van der Waals surface area contributed by atoms with Crippen molar-refractivity contribution in [2.45, 2.75) is 26.2 Å². The van der Waals surface area contributed by atoms with Gasteiger partial charge >= 0.3 is 0 Å². The van der Waals surface area contributed by atoms with Gasteiger partial charge in [0.15, 0.2) is 0 Å². The maximum absolute atomic E-state index is 5.74. The van der Waals surface area contributed by atoms with Crippen LogP contribution < -0.4 is 5.32 Å². The van der Waals surface area contributed by atoms with E-state index in [2.05, 4.69) is 17.1 Å². The second-order valence-corrected chi connectivity index (χ2v) is 6.50. The number of nitrogens with one attached hydrogen (secondary N) is 1. The zero-order valence-corrected chi connectivity index (χ0v) is 10.4. The molecule has 3 rings (SSSR count). The number of hydrogen-bond acceptors (Lipinski definition) is 3. The standard InChI is InChI=1S/C13H24N2O/c1-12(4-5-14-8-12)9-15-6-7-16-11-13(10-15)2-3-13/h14H,2-11H2,1H3. The van der Waals surface area contributed by atoms with Crippen molar-refractivity contribution in [1.82, 2.24) is 10.2 Å². The van der Waals surface area contributed by atoms with Crippen molar-refractivity contribution < 1.29 is 4.74 Å². The van der Waals surface area contributed by atoms with E-state index in [-0.39, 0.29) is 0 Å². The Morgan fingerprint density at radius 2 is 2.19 bits per heavy atom. The van der Waals surface area contributed by atoms with Gasteiger partial charge in [0.2, 0.25) is 0 Å². The third-order valence-corrected chi connectivity index (χ3v) is 4.54. The van der Waals surface area contributed by atoms with Crippen LogP contribution in [0.2, 0.25) is 0 Å². The highest BCUT2D eigenvalue weighted by molar-refractivity contribution is 4.98. The summed E-state index contributed by atoms with van der Waals surface area (Å²) in [5.74, 6) is 0. The molecule has 0 aromatic rings. The van der Waals surface area contributed by atoms with Gasteiger partial charge in [-0.2, -0.15) is 0 Å². The highest BCUT2D eigenvalue weighted by Gasteiger charge is 2.46. The Bertz CT molecular complexity index is 257. The van der Waals surface area contributed by atoms with Gasteiger partial charge in [-0.05, 0) is 31.2 Å². The molecule has 1 saturated carbocycles. The van der Waals surface area contributed by atoms with Crippen molar-refractivity contribution in [2.75, 3.05) is 45.9 Å². The summed E-state index contributed by atoms with van der Waals surface area (Å²) in [7, 11) is 0. The quantitative estimate of drug-likeness (QED) is 0.760. The first kappa shape index (κ1) is 11.0. The van der Waals surface area contributed by atoms with E-state index < -0.39 is 0 Å². The van der Waals surface area contributed by atoms with E-state index in [1.807, 2.05) is 0 Å². The fourth-order valence-corrected chi connectivity index (χ4v) is 3.24. The molecule has 92 valence electrons. The third kappa shape index (κ3) is 2.27. The zero-order valence-electron chi connectivity index (χ0n) is 10.4. The van der Waals surface area contributed by atoms with Crippen LogP contribution in [0.4, 0.5) is 0 Å². The van der Waals surface area contributed by atoms with Gasteiger partial charge in [-0.1, -0.05) is 6.92 Å². The fraction of sp³-hybridized carbons (Fsp3) is 1.00. The van der Waals surface area contributed by atoms with Crippen molar-refractivity contribution >= 4 is 0 Å². The van der Waals surface area contributed by atoms with Gasteiger partial charge in [0.05, 0.1) is 13.2 Å². The van der Waals surface area contributed by atoms with Crippen LogP contribution in [0.5, 0.6) is 0 Å². The maximum atomic E-state index is 5.74. The molecular formula is C13H24N2O. The Hall–Kier alpha value is -0.120. The molecule has 0 aromatic heterocycles. The lowest BCUT2D eigenvalue weighted by molar-refractivity contribution is 0.114. The van der Waals surface area contributed by atoms with E-state index in [1.54, 1.807) is 0 Å². The van der Waals surface area contributed by atoms with E-state index in [9.17, 15) is 0 Å². The van der Waals surface area contributed by atoms with Crippen molar-refractivity contribution in [1.29, 1.82) is 0 Å². The summed E-state index contributed by atoms with van der Waals surface area (Å²) in [6.45, 7) is 10.4. The molecule has 2 aliphatic heterocycles. The normalized spacial score (nSPS) is 38.8. The maximum Gasteiger partial charge on any atom is 0.0593 e. The predicted octanol–water partition coefficient (Wildman–Crippen LogP) is 1.10. The summed E-state index contributed by atoms with van der Waals surface area (Å²) in [6.07, 6.45) is 4.11. The Morgan fingerprint density at radius 3 is 2.88 bits per heavy atom. The van der Waals surface area contributed by atoms with E-state index in [4.69, 9.17) is 4.74 Å². The molecule has 0 radical (unpaired) electrons. The average Bonchev–Trinajstić information content (AvgIpc) is 2.93. The van der Waals surface area contributed by atoms with Crippen LogP contribution in [0, 0.1) is 10.8 Å². The van der Waals surface area contributed by atoms with Crippen molar-refractivity contribution in [2.24, 2.45) is 10.8 Å². The summed E-state index contributed by atoms with van der Waals surface area (Å²) < 4.78 is 5.74.